The van der Waals surface area contributed by atoms with E-state index in [1.807, 2.05) is 0 Å². The van der Waals surface area contributed by atoms with Crippen molar-refractivity contribution in [3.05, 3.63) is 6.92 Å². The SMILES string of the molecule is [CH2-]CCSCCCCCCCCCCCC.[Na+]. The van der Waals surface area contributed by atoms with Crippen LogP contribution in [0.2, 0.25) is 0 Å². The van der Waals surface area contributed by atoms with Crippen molar-refractivity contribution >= 4 is 11.8 Å². The van der Waals surface area contributed by atoms with Crippen molar-refractivity contribution in [1.82, 2.24) is 0 Å². The van der Waals surface area contributed by atoms with E-state index >= 15 is 0 Å². The molecule has 0 nitrogen and oxygen atoms in total. The Hall–Kier alpha value is 1.35. The van der Waals surface area contributed by atoms with E-state index < -0.39 is 0 Å². The van der Waals surface area contributed by atoms with Crippen LogP contribution in [-0.4, -0.2) is 11.5 Å². The van der Waals surface area contributed by atoms with Gasteiger partial charge in [-0.15, -0.1) is 0 Å². The Balaban J connectivity index is 0. The van der Waals surface area contributed by atoms with E-state index in [9.17, 15) is 0 Å². The first-order chi connectivity index (χ1) is 7.91. The molecule has 17 heavy (non-hydrogen) atoms. The normalized spacial score (nSPS) is 10.2. The van der Waals surface area contributed by atoms with Gasteiger partial charge in [-0.05, 0) is 17.9 Å². The summed E-state index contributed by atoms with van der Waals surface area (Å²) in [5.41, 5.74) is 0. The predicted octanol–water partition coefficient (Wildman–Crippen LogP) is 2.87. The minimum atomic E-state index is 0. The average Bonchev–Trinajstić information content (AvgIpc) is 2.31. The smallest absolute Gasteiger partial charge is 0.343 e. The van der Waals surface area contributed by atoms with Crippen LogP contribution in [0, 0.1) is 6.92 Å². The molecule has 0 aromatic carbocycles. The van der Waals surface area contributed by atoms with Gasteiger partial charge in [-0.25, -0.2) is 0 Å². The van der Waals surface area contributed by atoms with Crippen LogP contribution in [0.1, 0.15) is 77.6 Å². The Bertz CT molecular complexity index is 103. The maximum atomic E-state index is 3.85. The molecular weight excluding hydrogens is 235 g/mol. The number of rotatable bonds is 13. The molecule has 0 aliphatic rings. The third-order valence-electron chi connectivity index (χ3n) is 2.93. The molecule has 0 radical (unpaired) electrons. The summed E-state index contributed by atoms with van der Waals surface area (Å²) in [6.07, 6.45) is 15.5. The molecule has 0 bridgehead atoms. The van der Waals surface area contributed by atoms with E-state index in [-0.39, 0.29) is 29.6 Å². The monoisotopic (exact) mass is 266 g/mol. The van der Waals surface area contributed by atoms with Crippen molar-refractivity contribution in [2.45, 2.75) is 77.6 Å². The zero-order valence-electron chi connectivity index (χ0n) is 12.3. The molecule has 0 N–H and O–H groups in total. The molecule has 0 saturated heterocycles. The van der Waals surface area contributed by atoms with E-state index in [1.165, 1.54) is 75.7 Å². The standard InChI is InChI=1S/C15H31S.Na/c1-3-5-6-7-8-9-10-11-12-13-15-16-14-4-2;/h2-15H2,1H3;/q-1;+1. The number of hydrogen-bond acceptors (Lipinski definition) is 1. The molecule has 2 heteroatoms. The molecule has 0 atom stereocenters. The van der Waals surface area contributed by atoms with Crippen LogP contribution < -0.4 is 29.6 Å². The van der Waals surface area contributed by atoms with Crippen molar-refractivity contribution < 1.29 is 29.6 Å². The van der Waals surface area contributed by atoms with Crippen LogP contribution in [0.4, 0.5) is 0 Å². The minimum Gasteiger partial charge on any atom is -0.343 e. The molecule has 0 heterocycles. The molecule has 0 amide bonds. The summed E-state index contributed by atoms with van der Waals surface area (Å²) in [6.45, 7) is 6.14. The summed E-state index contributed by atoms with van der Waals surface area (Å²) in [4.78, 5) is 0. The Morgan fingerprint density at radius 1 is 0.706 bits per heavy atom. The Kier molecular flexibility index (Phi) is 23.9. The first-order valence-corrected chi connectivity index (χ1v) is 8.44. The Labute approximate surface area is 136 Å². The van der Waals surface area contributed by atoms with Crippen molar-refractivity contribution in [2.24, 2.45) is 0 Å². The molecule has 98 valence electrons. The van der Waals surface area contributed by atoms with Crippen LogP contribution in [0.3, 0.4) is 0 Å². The molecule has 0 fully saturated rings. The van der Waals surface area contributed by atoms with Crippen LogP contribution in [0.5, 0.6) is 0 Å². The molecule has 0 aromatic rings. The van der Waals surface area contributed by atoms with E-state index in [0.29, 0.717) is 0 Å². The van der Waals surface area contributed by atoms with Gasteiger partial charge in [-0.1, -0.05) is 64.7 Å². The van der Waals surface area contributed by atoms with Gasteiger partial charge in [0.25, 0.3) is 0 Å². The van der Waals surface area contributed by atoms with E-state index in [0.717, 1.165) is 6.42 Å². The van der Waals surface area contributed by atoms with Gasteiger partial charge in [-0.2, -0.15) is 18.2 Å². The van der Waals surface area contributed by atoms with Gasteiger partial charge in [0.05, 0.1) is 0 Å². The summed E-state index contributed by atoms with van der Waals surface area (Å²) < 4.78 is 0. The summed E-state index contributed by atoms with van der Waals surface area (Å²) in [5, 5.41) is 0. The Morgan fingerprint density at radius 3 is 1.65 bits per heavy atom. The number of unbranched alkanes of at least 4 members (excludes halogenated alkanes) is 9. The molecule has 0 saturated carbocycles. The summed E-state index contributed by atoms with van der Waals surface area (Å²) in [5.74, 6) is 2.60. The van der Waals surface area contributed by atoms with Gasteiger partial charge in [0.2, 0.25) is 0 Å². The number of hydrogen-bond donors (Lipinski definition) is 0. The van der Waals surface area contributed by atoms with Crippen molar-refractivity contribution in [1.29, 1.82) is 0 Å². The second-order valence-electron chi connectivity index (χ2n) is 4.65. The van der Waals surface area contributed by atoms with Crippen LogP contribution >= 0.6 is 11.8 Å². The van der Waals surface area contributed by atoms with Gasteiger partial charge < -0.3 is 6.92 Å². The topological polar surface area (TPSA) is 0 Å². The zero-order valence-corrected chi connectivity index (χ0v) is 15.1. The maximum Gasteiger partial charge on any atom is 1.00 e. The zero-order chi connectivity index (χ0) is 11.9. The molecule has 0 aliphatic heterocycles. The third-order valence-corrected chi connectivity index (χ3v) is 4.09. The van der Waals surface area contributed by atoms with Crippen molar-refractivity contribution in [3.8, 4) is 0 Å². The number of thioether (sulfide) groups is 1. The van der Waals surface area contributed by atoms with Gasteiger partial charge in [0, 0.05) is 0 Å². The first kappa shape index (κ1) is 20.7. The quantitative estimate of drug-likeness (QED) is 0.281. The first-order valence-electron chi connectivity index (χ1n) is 7.28. The minimum absolute atomic E-state index is 0. The maximum absolute atomic E-state index is 3.85. The molecule has 0 aliphatic carbocycles. The fourth-order valence-electron chi connectivity index (χ4n) is 1.90. The molecule has 0 aromatic heterocycles. The predicted molar refractivity (Wildman–Crippen MR) is 79.1 cm³/mol. The van der Waals surface area contributed by atoms with Gasteiger partial charge in [0.1, 0.15) is 0 Å². The van der Waals surface area contributed by atoms with Crippen molar-refractivity contribution in [3.63, 3.8) is 0 Å². The molecule has 0 spiro atoms. The van der Waals surface area contributed by atoms with Crippen LogP contribution in [0.25, 0.3) is 0 Å². The van der Waals surface area contributed by atoms with Gasteiger partial charge in [0.15, 0.2) is 0 Å². The molecule has 0 unspecified atom stereocenters. The van der Waals surface area contributed by atoms with Crippen molar-refractivity contribution in [2.75, 3.05) is 11.5 Å². The fourth-order valence-corrected chi connectivity index (χ4v) is 2.71. The largest absolute Gasteiger partial charge is 1.00 e. The summed E-state index contributed by atoms with van der Waals surface area (Å²) >= 11 is 2.07. The molecule has 0 rings (SSSR count). The van der Waals surface area contributed by atoms with Crippen LogP contribution in [-0.2, 0) is 0 Å². The van der Waals surface area contributed by atoms with E-state index in [2.05, 4.69) is 25.6 Å². The van der Waals surface area contributed by atoms with E-state index in [1.54, 1.807) is 0 Å². The molecular formula is C15H31NaS. The van der Waals surface area contributed by atoms with Gasteiger partial charge >= 0.3 is 29.6 Å². The second-order valence-corrected chi connectivity index (χ2v) is 5.87. The third kappa shape index (κ3) is 19.9. The van der Waals surface area contributed by atoms with Crippen LogP contribution in [0.15, 0.2) is 0 Å². The average molecular weight is 266 g/mol. The summed E-state index contributed by atoms with van der Waals surface area (Å²) in [7, 11) is 0. The second kappa shape index (κ2) is 19.7. The Morgan fingerprint density at radius 2 is 1.18 bits per heavy atom. The fraction of sp³-hybridized carbons (Fsp3) is 0.933. The van der Waals surface area contributed by atoms with Gasteiger partial charge in [-0.3, -0.25) is 0 Å². The summed E-state index contributed by atoms with van der Waals surface area (Å²) in [6, 6.07) is 0. The van der Waals surface area contributed by atoms with E-state index in [4.69, 9.17) is 0 Å².